The topological polar surface area (TPSA) is 0 Å². The van der Waals surface area contributed by atoms with Crippen LogP contribution in [-0.2, 0) is 0 Å². The van der Waals surface area contributed by atoms with E-state index in [1.165, 1.54) is 43.2 Å². The van der Waals surface area contributed by atoms with Gasteiger partial charge in [0.15, 0.2) is 0 Å². The Morgan fingerprint density at radius 1 is 0.947 bits per heavy atom. The van der Waals surface area contributed by atoms with Crippen LogP contribution in [0.3, 0.4) is 0 Å². The summed E-state index contributed by atoms with van der Waals surface area (Å²) in [6.45, 7) is 2.40. The largest absolute Gasteiger partial charge is 0.0802 e. The fourth-order valence-electron chi connectivity index (χ4n) is 3.55. The van der Waals surface area contributed by atoms with E-state index in [4.69, 9.17) is 0 Å². The molecule has 0 aromatic heterocycles. The maximum absolute atomic E-state index is 2.48. The van der Waals surface area contributed by atoms with Crippen LogP contribution < -0.4 is 0 Å². The van der Waals surface area contributed by atoms with Gasteiger partial charge in [0.05, 0.1) is 0 Å². The molecule has 0 radical (unpaired) electrons. The van der Waals surface area contributed by atoms with E-state index in [0.717, 1.165) is 17.8 Å². The summed E-state index contributed by atoms with van der Waals surface area (Å²) in [5.41, 5.74) is 2.76. The number of hydrogen-bond donors (Lipinski definition) is 0. The van der Waals surface area contributed by atoms with E-state index in [0.29, 0.717) is 0 Å². The normalized spacial score (nSPS) is 31.0. The molecule has 2 aliphatic carbocycles. The smallest absolute Gasteiger partial charge is 0.0167 e. The summed E-state index contributed by atoms with van der Waals surface area (Å²) in [5.74, 6) is 2.68. The second-order valence-corrected chi connectivity index (χ2v) is 6.30. The monoisotopic (exact) mass is 252 g/mol. The van der Waals surface area contributed by atoms with Gasteiger partial charge in [-0.15, -0.1) is 0 Å². The highest BCUT2D eigenvalue weighted by molar-refractivity contribution is 5.74. The summed E-state index contributed by atoms with van der Waals surface area (Å²) in [4.78, 5) is 0. The van der Waals surface area contributed by atoms with Crippen LogP contribution in [0, 0.1) is 17.8 Å². The maximum Gasteiger partial charge on any atom is -0.0167 e. The Kier molecular flexibility index (Phi) is 3.87. The second kappa shape index (κ2) is 5.77. The summed E-state index contributed by atoms with van der Waals surface area (Å²) in [6.07, 6.45) is 14.2. The van der Waals surface area contributed by atoms with Gasteiger partial charge in [-0.2, -0.15) is 0 Å². The second-order valence-electron chi connectivity index (χ2n) is 6.30. The van der Waals surface area contributed by atoms with Crippen LogP contribution in [-0.4, -0.2) is 0 Å². The van der Waals surface area contributed by atoms with Crippen LogP contribution in [0.4, 0.5) is 0 Å². The molecular formula is C19H24. The molecule has 100 valence electrons. The predicted molar refractivity (Wildman–Crippen MR) is 82.8 cm³/mol. The lowest BCUT2D eigenvalue weighted by molar-refractivity contribution is 0.240. The van der Waals surface area contributed by atoms with Gasteiger partial charge in [0, 0.05) is 0 Å². The summed E-state index contributed by atoms with van der Waals surface area (Å²) < 4.78 is 0. The van der Waals surface area contributed by atoms with Crippen LogP contribution in [0.15, 0.2) is 48.6 Å². The molecule has 2 aliphatic rings. The molecule has 0 saturated heterocycles. The van der Waals surface area contributed by atoms with Gasteiger partial charge in [-0.25, -0.2) is 0 Å². The third kappa shape index (κ3) is 3.00. The minimum atomic E-state index is 0.792. The molecular weight excluding hydrogens is 228 g/mol. The van der Waals surface area contributed by atoms with Crippen molar-refractivity contribution in [2.24, 2.45) is 17.8 Å². The molecule has 0 aliphatic heterocycles. The van der Waals surface area contributed by atoms with Crippen LogP contribution in [0.5, 0.6) is 0 Å². The molecule has 19 heavy (non-hydrogen) atoms. The molecule has 0 N–H and O–H groups in total. The van der Waals surface area contributed by atoms with Gasteiger partial charge in [0.1, 0.15) is 0 Å². The fraction of sp³-hybridized carbons (Fsp3) is 0.474. The Labute approximate surface area is 117 Å². The van der Waals surface area contributed by atoms with Gasteiger partial charge < -0.3 is 0 Å². The first kappa shape index (κ1) is 12.7. The molecule has 1 unspecified atom stereocenters. The zero-order valence-electron chi connectivity index (χ0n) is 11.9. The molecule has 0 spiro atoms. The van der Waals surface area contributed by atoms with E-state index in [2.05, 4.69) is 55.5 Å². The van der Waals surface area contributed by atoms with E-state index < -0.39 is 0 Å². The Balaban J connectivity index is 1.63. The van der Waals surface area contributed by atoms with Gasteiger partial charge in [0.25, 0.3) is 0 Å². The molecule has 1 aromatic carbocycles. The molecule has 1 aromatic rings. The summed E-state index contributed by atoms with van der Waals surface area (Å²) in [5, 5.41) is 0. The third-order valence-electron chi connectivity index (χ3n) is 4.91. The van der Waals surface area contributed by atoms with Crippen molar-refractivity contribution >= 4 is 5.57 Å². The van der Waals surface area contributed by atoms with Crippen molar-refractivity contribution in [3.63, 3.8) is 0 Å². The lowest BCUT2D eigenvalue weighted by atomic mass is 9.74. The lowest BCUT2D eigenvalue weighted by Crippen LogP contribution is -2.20. The molecule has 3 rings (SSSR count). The zero-order valence-corrected chi connectivity index (χ0v) is 11.9. The van der Waals surface area contributed by atoms with Crippen LogP contribution in [0.1, 0.15) is 44.6 Å². The molecule has 0 heteroatoms. The molecule has 0 bridgehead atoms. The quantitative estimate of drug-likeness (QED) is 0.654. The van der Waals surface area contributed by atoms with Gasteiger partial charge in [-0.05, 0) is 48.2 Å². The zero-order chi connectivity index (χ0) is 13.1. The average Bonchev–Trinajstić information content (AvgIpc) is 2.49. The van der Waals surface area contributed by atoms with Gasteiger partial charge in [-0.3, -0.25) is 0 Å². The molecule has 1 atom stereocenters. The van der Waals surface area contributed by atoms with Gasteiger partial charge in [0.2, 0.25) is 0 Å². The minimum absolute atomic E-state index is 0.792. The van der Waals surface area contributed by atoms with Crippen LogP contribution in [0.2, 0.25) is 0 Å². The third-order valence-corrected chi connectivity index (χ3v) is 4.91. The van der Waals surface area contributed by atoms with Gasteiger partial charge >= 0.3 is 0 Å². The van der Waals surface area contributed by atoms with E-state index in [1.54, 1.807) is 0 Å². The highest BCUT2D eigenvalue weighted by Crippen LogP contribution is 2.37. The Morgan fingerprint density at radius 2 is 1.68 bits per heavy atom. The predicted octanol–water partition coefficient (Wildman–Crippen LogP) is 5.47. The van der Waals surface area contributed by atoms with Crippen molar-refractivity contribution in [3.05, 3.63) is 54.1 Å². The van der Waals surface area contributed by atoms with E-state index in [1.807, 2.05) is 0 Å². The summed E-state index contributed by atoms with van der Waals surface area (Å²) in [6, 6.07) is 10.7. The first-order valence-corrected chi connectivity index (χ1v) is 7.76. The van der Waals surface area contributed by atoms with Crippen molar-refractivity contribution in [3.8, 4) is 0 Å². The van der Waals surface area contributed by atoms with Crippen molar-refractivity contribution in [2.75, 3.05) is 0 Å². The highest BCUT2D eigenvalue weighted by atomic mass is 14.3. The summed E-state index contributed by atoms with van der Waals surface area (Å²) in [7, 11) is 0. The number of rotatable bonds is 2. The van der Waals surface area contributed by atoms with Crippen molar-refractivity contribution in [1.82, 2.24) is 0 Å². The maximum atomic E-state index is 2.48. The van der Waals surface area contributed by atoms with E-state index >= 15 is 0 Å². The average molecular weight is 252 g/mol. The highest BCUT2D eigenvalue weighted by Gasteiger charge is 2.25. The standard InChI is InChI=1S/C19H24/c1-15-7-9-17(10-8-15)19-13-11-18(12-14-19)16-5-3-2-4-6-16/h2-6,11-13,15,17,19H,7-10,14H2,1H3/t15-,17-,19?. The van der Waals surface area contributed by atoms with E-state index in [9.17, 15) is 0 Å². The molecule has 1 saturated carbocycles. The number of allylic oxidation sites excluding steroid dienone is 4. The first-order valence-electron chi connectivity index (χ1n) is 7.76. The molecule has 0 amide bonds. The SMILES string of the molecule is C[C@H]1CC[C@H](C2C=CC(c3ccccc3)=CC2)CC1. The molecule has 0 nitrogen and oxygen atoms in total. The van der Waals surface area contributed by atoms with Crippen molar-refractivity contribution in [2.45, 2.75) is 39.0 Å². The molecule has 1 fully saturated rings. The van der Waals surface area contributed by atoms with E-state index in [-0.39, 0.29) is 0 Å². The minimum Gasteiger partial charge on any atom is -0.0802 e. The van der Waals surface area contributed by atoms with Gasteiger partial charge in [-0.1, -0.05) is 68.3 Å². The Bertz CT molecular complexity index is 458. The van der Waals surface area contributed by atoms with Crippen molar-refractivity contribution < 1.29 is 0 Å². The lowest BCUT2D eigenvalue weighted by Gasteiger charge is -2.32. The fourth-order valence-corrected chi connectivity index (χ4v) is 3.55. The van der Waals surface area contributed by atoms with Crippen molar-refractivity contribution in [1.29, 1.82) is 0 Å². The van der Waals surface area contributed by atoms with Crippen LogP contribution >= 0.6 is 0 Å². The first-order chi connectivity index (χ1) is 9.33. The van der Waals surface area contributed by atoms with Crippen LogP contribution in [0.25, 0.3) is 5.57 Å². The summed E-state index contributed by atoms with van der Waals surface area (Å²) >= 11 is 0. The Hall–Kier alpha value is -1.30. The number of benzene rings is 1. The Morgan fingerprint density at radius 3 is 2.32 bits per heavy atom. The molecule has 0 heterocycles. The number of hydrogen-bond acceptors (Lipinski definition) is 0.